The van der Waals surface area contributed by atoms with Gasteiger partial charge < -0.3 is 13.9 Å². The van der Waals surface area contributed by atoms with Crippen LogP contribution in [0.25, 0.3) is 0 Å². The lowest BCUT2D eigenvalue weighted by Gasteiger charge is -2.65. The highest BCUT2D eigenvalue weighted by Gasteiger charge is 2.64. The molecule has 4 heteroatoms. The van der Waals surface area contributed by atoms with Crippen LogP contribution < -0.4 is 0 Å². The summed E-state index contributed by atoms with van der Waals surface area (Å²) in [5, 5.41) is 0.264. The van der Waals surface area contributed by atoms with Crippen LogP contribution >= 0.6 is 0 Å². The molecule has 9 atom stereocenters. The fraction of sp³-hybridized carbons (Fsp3) is 1.00. The minimum atomic E-state index is -1.82. The van der Waals surface area contributed by atoms with Gasteiger partial charge in [-0.2, -0.15) is 0 Å². The van der Waals surface area contributed by atoms with Crippen molar-refractivity contribution in [3.63, 3.8) is 0 Å². The van der Waals surface area contributed by atoms with Gasteiger partial charge in [-0.1, -0.05) is 41.0 Å². The molecule has 4 aliphatic carbocycles. The largest absolute Gasteiger partial charge is 0.413 e. The minimum Gasteiger partial charge on any atom is -0.413 e. The summed E-state index contributed by atoms with van der Waals surface area (Å²) in [6, 6.07) is 0. The highest BCUT2D eigenvalue weighted by molar-refractivity contribution is 6.74. The normalized spacial score (nSPS) is 45.9. The molecule has 1 unspecified atom stereocenters. The lowest BCUT2D eigenvalue weighted by Crippen LogP contribution is -2.62. The maximum Gasteiger partial charge on any atom is 0.192 e. The fourth-order valence-corrected chi connectivity index (χ4v) is 10.7. The van der Waals surface area contributed by atoms with Crippen molar-refractivity contribution in [2.75, 3.05) is 27.4 Å². The lowest BCUT2D eigenvalue weighted by atomic mass is 9.42. The summed E-state index contributed by atoms with van der Waals surface area (Å²) in [4.78, 5) is 0. The van der Waals surface area contributed by atoms with Crippen molar-refractivity contribution in [1.29, 1.82) is 0 Å². The second-order valence-corrected chi connectivity index (χ2v) is 19.1. The second-order valence-electron chi connectivity index (χ2n) is 14.4. The molecule has 33 heavy (non-hydrogen) atoms. The smallest absolute Gasteiger partial charge is 0.192 e. The molecule has 0 aliphatic heterocycles. The third-order valence-electron chi connectivity index (χ3n) is 12.0. The summed E-state index contributed by atoms with van der Waals surface area (Å²) in [7, 11) is 1.99. The predicted molar refractivity (Wildman–Crippen MR) is 140 cm³/mol. The Morgan fingerprint density at radius 3 is 2.18 bits per heavy atom. The highest BCUT2D eigenvalue weighted by Crippen LogP contribution is 2.69. The van der Waals surface area contributed by atoms with E-state index in [1.54, 1.807) is 0 Å². The van der Waals surface area contributed by atoms with Gasteiger partial charge >= 0.3 is 0 Å². The zero-order chi connectivity index (χ0) is 24.2. The van der Waals surface area contributed by atoms with E-state index >= 15 is 0 Å². The maximum atomic E-state index is 7.37. The molecule has 4 aliphatic rings. The van der Waals surface area contributed by atoms with E-state index in [0.29, 0.717) is 22.9 Å². The minimum absolute atomic E-state index is 0.264. The zero-order valence-corrected chi connectivity index (χ0v) is 24.3. The van der Waals surface area contributed by atoms with Gasteiger partial charge in [-0.25, -0.2) is 0 Å². The van der Waals surface area contributed by atoms with Crippen LogP contribution in [0, 0.1) is 46.3 Å². The molecule has 4 saturated carbocycles. The molecule has 0 saturated heterocycles. The Balaban J connectivity index is 1.69. The number of hydrogen-bond donors (Lipinski definition) is 0. The third kappa shape index (κ3) is 4.21. The van der Waals surface area contributed by atoms with E-state index < -0.39 is 8.32 Å². The Bertz CT molecular complexity index is 687. The van der Waals surface area contributed by atoms with Gasteiger partial charge in [0.15, 0.2) is 8.32 Å². The Kier molecular flexibility index (Phi) is 7.29. The van der Waals surface area contributed by atoms with Gasteiger partial charge in [-0.15, -0.1) is 0 Å². The molecular formula is C29H54O3Si. The molecule has 0 bridgehead atoms. The molecule has 0 aromatic heterocycles. The average molecular weight is 479 g/mol. The topological polar surface area (TPSA) is 27.7 Å². The third-order valence-corrected chi connectivity index (χ3v) is 16.5. The first-order valence-electron chi connectivity index (χ1n) is 14.1. The van der Waals surface area contributed by atoms with Crippen LogP contribution in [0.15, 0.2) is 0 Å². The number of methoxy groups -OCH3 is 2. The zero-order valence-electron chi connectivity index (χ0n) is 23.3. The molecule has 4 fully saturated rings. The van der Waals surface area contributed by atoms with Gasteiger partial charge in [-0.05, 0) is 109 Å². The van der Waals surface area contributed by atoms with Gasteiger partial charge in [0.25, 0.3) is 0 Å². The van der Waals surface area contributed by atoms with Crippen LogP contribution in [-0.2, 0) is 13.9 Å². The van der Waals surface area contributed by atoms with Crippen LogP contribution in [0.5, 0.6) is 0 Å². The number of rotatable bonds is 6. The first-order valence-corrected chi connectivity index (χ1v) is 17.0. The quantitative estimate of drug-likeness (QED) is 0.369. The molecule has 0 heterocycles. The van der Waals surface area contributed by atoms with Gasteiger partial charge in [0, 0.05) is 27.4 Å². The Labute approximate surface area is 206 Å². The van der Waals surface area contributed by atoms with Gasteiger partial charge in [0.2, 0.25) is 0 Å². The van der Waals surface area contributed by atoms with E-state index in [1.807, 2.05) is 14.2 Å². The second kappa shape index (κ2) is 9.20. The van der Waals surface area contributed by atoms with Crippen molar-refractivity contribution in [3.05, 3.63) is 0 Å². The molecule has 0 spiro atoms. The molecule has 3 nitrogen and oxygen atoms in total. The van der Waals surface area contributed by atoms with Crippen LogP contribution in [-0.4, -0.2) is 41.9 Å². The molecule has 0 radical (unpaired) electrons. The van der Waals surface area contributed by atoms with Crippen molar-refractivity contribution in [2.24, 2.45) is 46.3 Å². The summed E-state index contributed by atoms with van der Waals surface area (Å²) >= 11 is 0. The van der Waals surface area contributed by atoms with E-state index in [1.165, 1.54) is 51.4 Å². The van der Waals surface area contributed by atoms with Crippen LogP contribution in [0.4, 0.5) is 0 Å². The van der Waals surface area contributed by atoms with Crippen molar-refractivity contribution < 1.29 is 13.9 Å². The average Bonchev–Trinajstić information content (AvgIpc) is 3.05. The van der Waals surface area contributed by atoms with Crippen molar-refractivity contribution >= 4 is 8.32 Å². The van der Waals surface area contributed by atoms with Gasteiger partial charge in [0.05, 0.1) is 6.10 Å². The fourth-order valence-electron chi connectivity index (χ4n) is 9.24. The standard InChI is InChI=1S/C29H54O3Si/c1-27(2,3)33(8,9)32-26-12-10-11-23-20(18-30-6)17-22-24-14-13-21(19-31-7)28(24,4)16-15-25(22)29(23,26)5/h20-26H,10-19H2,1-9H3/t20-,21-,22+,23-,24+,25+,26?,28-,29+/m1/s1. The van der Waals surface area contributed by atoms with Gasteiger partial charge in [-0.3, -0.25) is 0 Å². The molecule has 0 amide bonds. The van der Waals surface area contributed by atoms with Crippen molar-refractivity contribution in [3.8, 4) is 0 Å². The maximum absolute atomic E-state index is 7.37. The summed E-state index contributed by atoms with van der Waals surface area (Å²) < 4.78 is 19.0. The van der Waals surface area contributed by atoms with E-state index in [-0.39, 0.29) is 5.04 Å². The number of hydrogen-bond acceptors (Lipinski definition) is 3. The predicted octanol–water partition coefficient (Wildman–Crippen LogP) is 7.55. The SMILES string of the molecule is COC[C@H]1C[C@H]2[C@@H]3CC[C@H](COC)[C@@]3(C)CC[C@@H]2[C@@]2(C)C(O[Si](C)(C)C(C)(C)C)CCC[C@H]12. The van der Waals surface area contributed by atoms with E-state index in [4.69, 9.17) is 13.9 Å². The Morgan fingerprint density at radius 2 is 1.55 bits per heavy atom. The van der Waals surface area contributed by atoms with E-state index in [2.05, 4.69) is 47.7 Å². The van der Waals surface area contributed by atoms with E-state index in [9.17, 15) is 0 Å². The van der Waals surface area contributed by atoms with Crippen molar-refractivity contribution in [2.45, 2.75) is 110 Å². The molecule has 0 aromatic rings. The monoisotopic (exact) mass is 478 g/mol. The van der Waals surface area contributed by atoms with E-state index in [0.717, 1.165) is 42.8 Å². The van der Waals surface area contributed by atoms with Crippen LogP contribution in [0.1, 0.15) is 86.0 Å². The van der Waals surface area contributed by atoms with Crippen molar-refractivity contribution in [1.82, 2.24) is 0 Å². The summed E-state index contributed by atoms with van der Waals surface area (Å²) in [5.74, 6) is 4.67. The highest BCUT2D eigenvalue weighted by atomic mass is 28.4. The summed E-state index contributed by atoms with van der Waals surface area (Å²) in [6.45, 7) is 19.3. The molecule has 0 N–H and O–H groups in total. The number of fused-ring (bicyclic) bond motifs is 5. The summed E-state index contributed by atoms with van der Waals surface area (Å²) in [5.41, 5.74) is 0.753. The molecule has 192 valence electrons. The first-order chi connectivity index (χ1) is 15.4. The Hall–Kier alpha value is 0.0969. The lowest BCUT2D eigenvalue weighted by molar-refractivity contribution is -0.186. The molecule has 0 aromatic carbocycles. The Morgan fingerprint density at radius 1 is 0.848 bits per heavy atom. The summed E-state index contributed by atoms with van der Waals surface area (Å²) in [6.07, 6.45) is 11.3. The van der Waals surface area contributed by atoms with Crippen LogP contribution in [0.2, 0.25) is 18.1 Å². The molecule has 4 rings (SSSR count). The first kappa shape index (κ1) is 26.2. The van der Waals surface area contributed by atoms with Gasteiger partial charge in [0.1, 0.15) is 0 Å². The molecular weight excluding hydrogens is 424 g/mol. The number of ether oxygens (including phenoxy) is 2. The van der Waals surface area contributed by atoms with Crippen LogP contribution in [0.3, 0.4) is 0 Å².